The average molecular weight is 419 g/mol. The molecule has 0 aromatic heterocycles. The second-order valence-electron chi connectivity index (χ2n) is 10.7. The first-order valence-electron chi connectivity index (χ1n) is 10.8. The number of carbonyl (C=O) groups is 2. The molecule has 6 nitrogen and oxygen atoms in total. The van der Waals surface area contributed by atoms with Gasteiger partial charge in [-0.2, -0.15) is 0 Å². The fourth-order valence-electron chi connectivity index (χ4n) is 4.27. The summed E-state index contributed by atoms with van der Waals surface area (Å²) in [5, 5.41) is 13.0. The lowest BCUT2D eigenvalue weighted by molar-refractivity contribution is -0.128. The first-order chi connectivity index (χ1) is 13.8. The summed E-state index contributed by atoms with van der Waals surface area (Å²) >= 11 is 0. The van der Waals surface area contributed by atoms with Crippen LogP contribution in [0.5, 0.6) is 5.75 Å². The standard InChI is InChI=1S/C24H38N2O4/c1-16(2)12-20-21(28)26(22(29)25-20)13-18(27)14-30-19-10-8-17(9-11-19)24(6,7)15-23(3,4)5/h8-11,16,18,20,27H,12-15H2,1-7H3,(H,25,29). The molecule has 168 valence electrons. The predicted octanol–water partition coefficient (Wildman–Crippen LogP) is 4.11. The Morgan fingerprint density at radius 1 is 1.10 bits per heavy atom. The first-order valence-corrected chi connectivity index (χ1v) is 10.8. The Balaban J connectivity index is 1.88. The summed E-state index contributed by atoms with van der Waals surface area (Å²) in [7, 11) is 0. The molecular weight excluding hydrogens is 380 g/mol. The number of aliphatic hydroxyl groups excluding tert-OH is 1. The molecule has 2 unspecified atom stereocenters. The van der Waals surface area contributed by atoms with E-state index in [1.165, 1.54) is 5.56 Å². The molecule has 1 fully saturated rings. The topological polar surface area (TPSA) is 78.9 Å². The van der Waals surface area contributed by atoms with Crippen LogP contribution in [0.1, 0.15) is 66.9 Å². The van der Waals surface area contributed by atoms with Gasteiger partial charge in [-0.25, -0.2) is 4.79 Å². The molecule has 30 heavy (non-hydrogen) atoms. The maximum atomic E-state index is 12.4. The smallest absolute Gasteiger partial charge is 0.324 e. The van der Waals surface area contributed by atoms with Crippen molar-refractivity contribution in [2.45, 2.75) is 78.9 Å². The van der Waals surface area contributed by atoms with Crippen molar-refractivity contribution < 1.29 is 19.4 Å². The molecule has 0 bridgehead atoms. The molecule has 1 aromatic rings. The normalized spacial score (nSPS) is 18.7. The van der Waals surface area contributed by atoms with E-state index in [0.717, 1.165) is 11.3 Å². The van der Waals surface area contributed by atoms with E-state index >= 15 is 0 Å². The molecule has 1 aliphatic rings. The molecule has 6 heteroatoms. The van der Waals surface area contributed by atoms with Crippen LogP contribution in [-0.4, -0.2) is 47.2 Å². The summed E-state index contributed by atoms with van der Waals surface area (Å²) in [6.07, 6.45) is 0.698. The quantitative estimate of drug-likeness (QED) is 0.592. The van der Waals surface area contributed by atoms with Crippen molar-refractivity contribution in [1.29, 1.82) is 0 Å². The maximum Gasteiger partial charge on any atom is 0.324 e. The minimum Gasteiger partial charge on any atom is -0.491 e. The lowest BCUT2D eigenvalue weighted by Gasteiger charge is -2.33. The van der Waals surface area contributed by atoms with Gasteiger partial charge in [0.2, 0.25) is 0 Å². The average Bonchev–Trinajstić information content (AvgIpc) is 2.85. The van der Waals surface area contributed by atoms with E-state index in [4.69, 9.17) is 4.74 Å². The summed E-state index contributed by atoms with van der Waals surface area (Å²) in [5.41, 5.74) is 1.52. The Hall–Kier alpha value is -2.08. The monoisotopic (exact) mass is 418 g/mol. The maximum absolute atomic E-state index is 12.4. The molecule has 3 amide bonds. The van der Waals surface area contributed by atoms with Crippen LogP contribution in [0.4, 0.5) is 4.79 Å². The van der Waals surface area contributed by atoms with E-state index < -0.39 is 18.2 Å². The second kappa shape index (κ2) is 9.38. The lowest BCUT2D eigenvalue weighted by Crippen LogP contribution is -2.40. The zero-order chi connectivity index (χ0) is 22.7. The zero-order valence-electron chi connectivity index (χ0n) is 19.5. The molecular formula is C24H38N2O4. The van der Waals surface area contributed by atoms with Crippen LogP contribution in [0.25, 0.3) is 0 Å². The van der Waals surface area contributed by atoms with Crippen molar-refractivity contribution in [3.63, 3.8) is 0 Å². The highest BCUT2D eigenvalue weighted by Crippen LogP contribution is 2.36. The van der Waals surface area contributed by atoms with Gasteiger partial charge in [0, 0.05) is 0 Å². The summed E-state index contributed by atoms with van der Waals surface area (Å²) in [4.78, 5) is 25.5. The summed E-state index contributed by atoms with van der Waals surface area (Å²) in [6.45, 7) is 15.1. The third-order valence-corrected chi connectivity index (χ3v) is 5.26. The predicted molar refractivity (Wildman–Crippen MR) is 119 cm³/mol. The van der Waals surface area contributed by atoms with Crippen LogP contribution in [-0.2, 0) is 10.2 Å². The van der Waals surface area contributed by atoms with Crippen molar-refractivity contribution >= 4 is 11.9 Å². The molecule has 1 aromatic carbocycles. The highest BCUT2D eigenvalue weighted by atomic mass is 16.5. The van der Waals surface area contributed by atoms with Crippen molar-refractivity contribution in [2.75, 3.05) is 13.2 Å². The van der Waals surface area contributed by atoms with E-state index in [0.29, 0.717) is 18.1 Å². The SMILES string of the molecule is CC(C)CC1NC(=O)N(CC(O)COc2ccc(C(C)(C)CC(C)(C)C)cc2)C1=O. The van der Waals surface area contributed by atoms with Crippen molar-refractivity contribution in [1.82, 2.24) is 10.2 Å². The van der Waals surface area contributed by atoms with Gasteiger partial charge in [-0.05, 0) is 47.3 Å². The van der Waals surface area contributed by atoms with Crippen LogP contribution >= 0.6 is 0 Å². The summed E-state index contributed by atoms with van der Waals surface area (Å²) in [6, 6.07) is 6.96. The number of imide groups is 1. The number of amides is 3. The van der Waals surface area contributed by atoms with Crippen molar-refractivity contribution in [3.8, 4) is 5.75 Å². The molecule has 0 radical (unpaired) electrons. The number of hydrogen-bond donors (Lipinski definition) is 2. The third-order valence-electron chi connectivity index (χ3n) is 5.26. The van der Waals surface area contributed by atoms with Gasteiger partial charge < -0.3 is 15.2 Å². The highest BCUT2D eigenvalue weighted by molar-refractivity contribution is 6.04. The number of nitrogens with zero attached hydrogens (tertiary/aromatic N) is 1. The Morgan fingerprint density at radius 2 is 1.70 bits per heavy atom. The van der Waals surface area contributed by atoms with E-state index in [-0.39, 0.29) is 29.9 Å². The molecule has 2 rings (SSSR count). The van der Waals surface area contributed by atoms with Crippen LogP contribution in [0, 0.1) is 11.3 Å². The Morgan fingerprint density at radius 3 is 2.23 bits per heavy atom. The lowest BCUT2D eigenvalue weighted by atomic mass is 9.72. The third kappa shape index (κ3) is 6.73. The number of hydrogen-bond acceptors (Lipinski definition) is 4. The van der Waals surface area contributed by atoms with Gasteiger partial charge in [-0.1, -0.05) is 60.6 Å². The number of nitrogens with one attached hydrogen (secondary N) is 1. The van der Waals surface area contributed by atoms with Crippen molar-refractivity contribution in [3.05, 3.63) is 29.8 Å². The molecule has 1 aliphatic heterocycles. The number of rotatable bonds is 9. The molecule has 0 saturated carbocycles. The van der Waals surface area contributed by atoms with Gasteiger partial charge in [-0.15, -0.1) is 0 Å². The zero-order valence-corrected chi connectivity index (χ0v) is 19.5. The van der Waals surface area contributed by atoms with Crippen LogP contribution in [0.3, 0.4) is 0 Å². The minimum absolute atomic E-state index is 0.0106. The van der Waals surface area contributed by atoms with Crippen LogP contribution in [0.15, 0.2) is 24.3 Å². The fourth-order valence-corrected chi connectivity index (χ4v) is 4.27. The van der Waals surface area contributed by atoms with E-state index in [1.54, 1.807) is 0 Å². The highest BCUT2D eigenvalue weighted by Gasteiger charge is 2.39. The molecule has 0 aliphatic carbocycles. The van der Waals surface area contributed by atoms with Gasteiger partial charge in [-0.3, -0.25) is 9.69 Å². The number of benzene rings is 1. The van der Waals surface area contributed by atoms with Gasteiger partial charge in [0.25, 0.3) is 5.91 Å². The summed E-state index contributed by atoms with van der Waals surface area (Å²) in [5.74, 6) is 0.668. The number of urea groups is 1. The fraction of sp³-hybridized carbons (Fsp3) is 0.667. The van der Waals surface area contributed by atoms with E-state index in [9.17, 15) is 14.7 Å². The van der Waals surface area contributed by atoms with Gasteiger partial charge in [0.15, 0.2) is 0 Å². The molecule has 1 saturated heterocycles. The molecule has 2 N–H and O–H groups in total. The van der Waals surface area contributed by atoms with E-state index in [2.05, 4.69) is 52.1 Å². The number of carbonyl (C=O) groups excluding carboxylic acids is 2. The largest absolute Gasteiger partial charge is 0.491 e. The van der Waals surface area contributed by atoms with Crippen molar-refractivity contribution in [2.24, 2.45) is 11.3 Å². The molecule has 2 atom stereocenters. The Kier molecular flexibility index (Phi) is 7.56. The van der Waals surface area contributed by atoms with E-state index in [1.807, 2.05) is 26.0 Å². The van der Waals surface area contributed by atoms with Gasteiger partial charge in [0.1, 0.15) is 24.5 Å². The second-order valence-corrected chi connectivity index (χ2v) is 10.7. The first kappa shape index (κ1) is 24.2. The Labute approximate surface area is 181 Å². The van der Waals surface area contributed by atoms with Crippen LogP contribution < -0.4 is 10.1 Å². The number of β-amino-alcohol motifs (C(OH)–C–C–N with tert-alkyl or cyclic N) is 1. The van der Waals surface area contributed by atoms with Gasteiger partial charge in [0.05, 0.1) is 6.54 Å². The minimum atomic E-state index is -0.950. The van der Waals surface area contributed by atoms with Gasteiger partial charge >= 0.3 is 6.03 Å². The number of aliphatic hydroxyl groups is 1. The summed E-state index contributed by atoms with van der Waals surface area (Å²) < 4.78 is 5.69. The molecule has 0 spiro atoms. The number of ether oxygens (including phenoxy) is 1. The molecule has 1 heterocycles. The van der Waals surface area contributed by atoms with Crippen LogP contribution in [0.2, 0.25) is 0 Å². The Bertz CT molecular complexity index is 735.